The average Bonchev–Trinajstić information content (AvgIpc) is 2.58. The van der Waals surface area contributed by atoms with Gasteiger partial charge < -0.3 is 10.6 Å². The van der Waals surface area contributed by atoms with Crippen LogP contribution < -0.4 is 16.1 Å². The van der Waals surface area contributed by atoms with Gasteiger partial charge in [0, 0.05) is 17.8 Å². The van der Waals surface area contributed by atoms with Gasteiger partial charge in [-0.1, -0.05) is 19.1 Å². The molecule has 2 N–H and O–H groups in total. The van der Waals surface area contributed by atoms with Crippen LogP contribution in [-0.2, 0) is 0 Å². The molecule has 6 nitrogen and oxygen atoms in total. The Hall–Kier alpha value is -2.54. The number of carbonyl (C=O) groups is 1. The van der Waals surface area contributed by atoms with Gasteiger partial charge in [-0.05, 0) is 44.5 Å². The maximum atomic E-state index is 14.1. The molecule has 1 aromatic carbocycles. The number of amides is 1. The summed E-state index contributed by atoms with van der Waals surface area (Å²) in [5.41, 5.74) is -0.0325. The van der Waals surface area contributed by atoms with E-state index >= 15 is 0 Å². The van der Waals surface area contributed by atoms with Crippen LogP contribution in [0.4, 0.5) is 4.39 Å². The lowest BCUT2D eigenvalue weighted by Crippen LogP contribution is -2.49. The van der Waals surface area contributed by atoms with Gasteiger partial charge in [0.25, 0.3) is 5.91 Å². The van der Waals surface area contributed by atoms with E-state index < -0.39 is 17.2 Å². The number of benzene rings is 1. The van der Waals surface area contributed by atoms with Crippen molar-refractivity contribution < 1.29 is 9.18 Å². The zero-order valence-electron chi connectivity index (χ0n) is 14.3. The van der Waals surface area contributed by atoms with Crippen molar-refractivity contribution in [3.05, 3.63) is 57.8 Å². The molecule has 1 amide bonds. The molecule has 7 heteroatoms. The first-order valence-corrected chi connectivity index (χ1v) is 8.35. The third kappa shape index (κ3) is 3.61. The minimum absolute atomic E-state index is 0.0156. The highest BCUT2D eigenvalue weighted by Gasteiger charge is 2.25. The fourth-order valence-corrected chi connectivity index (χ4v) is 3.04. The first kappa shape index (κ1) is 17.3. The van der Waals surface area contributed by atoms with Crippen molar-refractivity contribution in [1.82, 2.24) is 20.4 Å². The summed E-state index contributed by atoms with van der Waals surface area (Å²) >= 11 is 0. The third-order valence-corrected chi connectivity index (χ3v) is 4.50. The first-order valence-electron chi connectivity index (χ1n) is 8.35. The van der Waals surface area contributed by atoms with E-state index in [9.17, 15) is 14.0 Å². The molecule has 1 aliphatic rings. The van der Waals surface area contributed by atoms with Crippen molar-refractivity contribution in [2.75, 3.05) is 13.1 Å². The van der Waals surface area contributed by atoms with Gasteiger partial charge in [-0.15, -0.1) is 0 Å². The van der Waals surface area contributed by atoms with Crippen molar-refractivity contribution in [1.29, 1.82) is 0 Å². The van der Waals surface area contributed by atoms with Crippen molar-refractivity contribution in [3.8, 4) is 5.69 Å². The highest BCUT2D eigenvalue weighted by molar-refractivity contribution is 5.92. The third-order valence-electron chi connectivity index (χ3n) is 4.50. The van der Waals surface area contributed by atoms with Crippen LogP contribution in [0.15, 0.2) is 35.1 Å². The number of nitrogens with one attached hydrogen (secondary N) is 2. The van der Waals surface area contributed by atoms with Crippen molar-refractivity contribution in [3.63, 3.8) is 0 Å². The van der Waals surface area contributed by atoms with Crippen LogP contribution in [0.1, 0.15) is 29.5 Å². The van der Waals surface area contributed by atoms with Crippen molar-refractivity contribution in [2.24, 2.45) is 5.92 Å². The van der Waals surface area contributed by atoms with E-state index in [1.807, 2.05) is 6.92 Å². The van der Waals surface area contributed by atoms with Gasteiger partial charge in [-0.3, -0.25) is 9.59 Å². The van der Waals surface area contributed by atoms with Gasteiger partial charge in [0.15, 0.2) is 5.69 Å². The summed E-state index contributed by atoms with van der Waals surface area (Å²) in [5, 5.41) is 10.3. The van der Waals surface area contributed by atoms with Crippen LogP contribution in [0.5, 0.6) is 0 Å². The van der Waals surface area contributed by atoms with E-state index in [-0.39, 0.29) is 23.3 Å². The summed E-state index contributed by atoms with van der Waals surface area (Å²) in [6, 6.07) is 7.40. The second kappa shape index (κ2) is 7.14. The predicted octanol–water partition coefficient (Wildman–Crippen LogP) is 1.41. The molecule has 1 fully saturated rings. The molecule has 0 bridgehead atoms. The molecule has 1 saturated heterocycles. The van der Waals surface area contributed by atoms with Gasteiger partial charge >= 0.3 is 0 Å². The molecule has 0 spiro atoms. The van der Waals surface area contributed by atoms with Crippen molar-refractivity contribution in [2.45, 2.75) is 26.3 Å². The van der Waals surface area contributed by atoms with Gasteiger partial charge in [-0.2, -0.15) is 5.10 Å². The topological polar surface area (TPSA) is 76.0 Å². The lowest BCUT2D eigenvalue weighted by atomic mass is 9.95. The fraction of sp³-hybridized carbons (Fsp3) is 0.389. The summed E-state index contributed by atoms with van der Waals surface area (Å²) in [6.07, 6.45) is 0.792. The fourth-order valence-electron chi connectivity index (χ4n) is 3.04. The minimum atomic E-state index is -0.520. The number of nitrogens with zero attached hydrogens (tertiary/aromatic N) is 2. The Balaban J connectivity index is 1.94. The largest absolute Gasteiger partial charge is 0.347 e. The Morgan fingerprint density at radius 2 is 2.16 bits per heavy atom. The highest BCUT2D eigenvalue weighted by atomic mass is 19.1. The maximum absolute atomic E-state index is 14.1. The van der Waals surface area contributed by atoms with Crippen LogP contribution in [0.3, 0.4) is 0 Å². The molecule has 0 aliphatic carbocycles. The quantitative estimate of drug-likeness (QED) is 0.883. The Kier molecular flexibility index (Phi) is 4.94. The number of hydrogen-bond donors (Lipinski definition) is 2. The number of halogens is 1. The molecular weight excluding hydrogens is 323 g/mol. The molecule has 1 aromatic heterocycles. The molecule has 0 saturated carbocycles. The number of carbonyl (C=O) groups excluding carboxylic acids is 1. The Labute approximate surface area is 145 Å². The normalized spacial score (nSPS) is 20.3. The summed E-state index contributed by atoms with van der Waals surface area (Å²) in [6.45, 7) is 5.32. The summed E-state index contributed by atoms with van der Waals surface area (Å²) < 4.78 is 15.4. The van der Waals surface area contributed by atoms with E-state index in [0.29, 0.717) is 5.69 Å². The van der Waals surface area contributed by atoms with E-state index in [1.54, 1.807) is 25.1 Å². The van der Waals surface area contributed by atoms with E-state index in [0.717, 1.165) is 19.5 Å². The zero-order valence-corrected chi connectivity index (χ0v) is 14.3. The number of piperidine rings is 1. The predicted molar refractivity (Wildman–Crippen MR) is 92.4 cm³/mol. The summed E-state index contributed by atoms with van der Waals surface area (Å²) in [7, 11) is 0. The van der Waals surface area contributed by atoms with Crippen LogP contribution >= 0.6 is 0 Å². The molecule has 1 aliphatic heterocycles. The van der Waals surface area contributed by atoms with Gasteiger partial charge in [-0.25, -0.2) is 9.07 Å². The average molecular weight is 344 g/mol. The number of rotatable bonds is 3. The lowest BCUT2D eigenvalue weighted by molar-refractivity contribution is 0.0906. The van der Waals surface area contributed by atoms with E-state index in [4.69, 9.17) is 0 Å². The Bertz CT molecular complexity index is 849. The molecule has 2 heterocycles. The van der Waals surface area contributed by atoms with Gasteiger partial charge in [0.1, 0.15) is 11.5 Å². The lowest BCUT2D eigenvalue weighted by Gasteiger charge is -2.30. The summed E-state index contributed by atoms with van der Waals surface area (Å²) in [5.74, 6) is -0.731. The molecule has 25 heavy (non-hydrogen) atoms. The second-order valence-electron chi connectivity index (χ2n) is 6.41. The highest BCUT2D eigenvalue weighted by Crippen LogP contribution is 2.14. The standard InChI is InChI=1S/C18H21FN4O2/c1-11-10-20-8-7-14(11)21-18(25)17-16(24)9-12(2)23(22-17)15-6-4-3-5-13(15)19/h3-6,9,11,14,20H,7-8,10H2,1-2H3,(H,21,25). The summed E-state index contributed by atoms with van der Waals surface area (Å²) in [4.78, 5) is 24.8. The van der Waals surface area contributed by atoms with Crippen LogP contribution in [0.25, 0.3) is 5.69 Å². The smallest absolute Gasteiger partial charge is 0.276 e. The van der Waals surface area contributed by atoms with Gasteiger partial charge in [0.2, 0.25) is 5.43 Å². The molecule has 2 atom stereocenters. The monoisotopic (exact) mass is 344 g/mol. The molecule has 2 unspecified atom stereocenters. The number of hydrogen-bond acceptors (Lipinski definition) is 4. The van der Waals surface area contributed by atoms with E-state index in [1.165, 1.54) is 16.8 Å². The second-order valence-corrected chi connectivity index (χ2v) is 6.41. The van der Waals surface area contributed by atoms with Crippen molar-refractivity contribution >= 4 is 5.91 Å². The number of aryl methyl sites for hydroxylation is 1. The number of aromatic nitrogens is 2. The maximum Gasteiger partial charge on any atom is 0.276 e. The Morgan fingerprint density at radius 3 is 2.88 bits per heavy atom. The molecule has 3 rings (SSSR count). The van der Waals surface area contributed by atoms with Crippen LogP contribution in [0, 0.1) is 18.7 Å². The first-order chi connectivity index (χ1) is 12.0. The molecule has 0 radical (unpaired) electrons. The van der Waals surface area contributed by atoms with Crippen LogP contribution in [0.2, 0.25) is 0 Å². The Morgan fingerprint density at radius 1 is 1.40 bits per heavy atom. The number of para-hydroxylation sites is 1. The molecule has 132 valence electrons. The zero-order chi connectivity index (χ0) is 18.0. The molecular formula is C18H21FN4O2. The SMILES string of the molecule is Cc1cc(=O)c(C(=O)NC2CCNCC2C)nn1-c1ccccc1F. The van der Waals surface area contributed by atoms with Gasteiger partial charge in [0.05, 0.1) is 0 Å². The molecule has 2 aromatic rings. The minimum Gasteiger partial charge on any atom is -0.347 e. The van der Waals surface area contributed by atoms with Crippen LogP contribution in [-0.4, -0.2) is 34.8 Å². The van der Waals surface area contributed by atoms with E-state index in [2.05, 4.69) is 15.7 Å².